The third-order valence-corrected chi connectivity index (χ3v) is 10.5. The maximum atomic E-state index is 13.7. The molecule has 0 atom stereocenters. The maximum Gasteiger partial charge on any atom is 0.475 e. The molecule has 8 saturated carbocycles. The van der Waals surface area contributed by atoms with Gasteiger partial charge >= 0.3 is 7.82 Å². The monoisotopic (exact) mass is 380 g/mol. The van der Waals surface area contributed by atoms with Crippen LogP contribution < -0.4 is 0 Å². The molecule has 4 nitrogen and oxygen atoms in total. The predicted octanol–water partition coefficient (Wildman–Crippen LogP) is 5.71. The molecule has 26 heavy (non-hydrogen) atoms. The summed E-state index contributed by atoms with van der Waals surface area (Å²) in [5, 5.41) is 0. The van der Waals surface area contributed by atoms with Gasteiger partial charge < -0.3 is 0 Å². The van der Waals surface area contributed by atoms with Crippen molar-refractivity contribution in [2.75, 3.05) is 7.11 Å². The first-order valence-corrected chi connectivity index (χ1v) is 12.5. The highest BCUT2D eigenvalue weighted by Gasteiger charge is 2.58. The van der Waals surface area contributed by atoms with E-state index in [1.807, 2.05) is 0 Å². The van der Waals surface area contributed by atoms with Crippen LogP contribution in [0.25, 0.3) is 0 Å². The van der Waals surface area contributed by atoms with Crippen LogP contribution >= 0.6 is 7.82 Å². The molecule has 5 heteroatoms. The van der Waals surface area contributed by atoms with E-state index in [1.54, 1.807) is 0 Å². The molecule has 8 aliphatic carbocycles. The van der Waals surface area contributed by atoms with Crippen LogP contribution in [0.4, 0.5) is 0 Å². The number of phosphoric acid groups is 1. The van der Waals surface area contributed by atoms with Crippen molar-refractivity contribution in [3.8, 4) is 0 Å². The van der Waals surface area contributed by atoms with Gasteiger partial charge in [0.25, 0.3) is 0 Å². The van der Waals surface area contributed by atoms with Gasteiger partial charge in [0.15, 0.2) is 0 Å². The molecule has 0 amide bonds. The third-order valence-electron chi connectivity index (χ3n) is 8.80. The van der Waals surface area contributed by atoms with Crippen LogP contribution in [0.15, 0.2) is 0 Å². The molecule has 0 aromatic heterocycles. The van der Waals surface area contributed by atoms with Gasteiger partial charge in [0.2, 0.25) is 0 Å². The molecule has 0 N–H and O–H groups in total. The first kappa shape index (κ1) is 17.0. The Bertz CT molecular complexity index is 523. The lowest BCUT2D eigenvalue weighted by Gasteiger charge is -2.58. The largest absolute Gasteiger partial charge is 0.475 e. The summed E-state index contributed by atoms with van der Waals surface area (Å²) in [7, 11) is -1.97. The molecule has 0 aromatic rings. The van der Waals surface area contributed by atoms with E-state index in [4.69, 9.17) is 13.6 Å². The average Bonchev–Trinajstić information content (AvgIpc) is 2.50. The van der Waals surface area contributed by atoms with Crippen molar-refractivity contribution in [2.24, 2.45) is 35.5 Å². The molecule has 0 aliphatic heterocycles. The lowest BCUT2D eigenvalue weighted by Crippen LogP contribution is -2.53. The Labute approximate surface area is 157 Å². The summed E-state index contributed by atoms with van der Waals surface area (Å²) in [5.41, 5.74) is -0.467. The fourth-order valence-electron chi connectivity index (χ4n) is 8.85. The standard InChI is InChI=1S/C21H33O4P/c1-23-26(22,24-20-8-14-2-15(9-20)4-16(3-14)10-20)25-21-11-17-5-18(12-21)7-19(6-17)13-21/h14-19H,2-13H2,1H3. The van der Waals surface area contributed by atoms with Gasteiger partial charge in [-0.15, -0.1) is 0 Å². The van der Waals surface area contributed by atoms with Gasteiger partial charge in [-0.05, 0) is 113 Å². The van der Waals surface area contributed by atoms with Crippen LogP contribution in [0.3, 0.4) is 0 Å². The zero-order chi connectivity index (χ0) is 17.6. The summed E-state index contributed by atoms with van der Waals surface area (Å²) in [6.07, 6.45) is 14.5. The summed E-state index contributed by atoms with van der Waals surface area (Å²) in [5.74, 6) is 4.62. The Morgan fingerprint density at radius 2 is 0.885 bits per heavy atom. The summed E-state index contributed by atoms with van der Waals surface area (Å²) >= 11 is 0. The zero-order valence-electron chi connectivity index (χ0n) is 16.0. The highest BCUT2D eigenvalue weighted by molar-refractivity contribution is 7.48. The molecule has 8 rings (SSSR count). The van der Waals surface area contributed by atoms with Crippen molar-refractivity contribution >= 4 is 7.82 Å². The van der Waals surface area contributed by atoms with E-state index in [-0.39, 0.29) is 11.2 Å². The highest BCUT2D eigenvalue weighted by Crippen LogP contribution is 2.68. The van der Waals surface area contributed by atoms with Crippen LogP contribution in [-0.4, -0.2) is 18.3 Å². The van der Waals surface area contributed by atoms with Gasteiger partial charge in [0, 0.05) is 7.11 Å². The Hall–Kier alpha value is 0.110. The van der Waals surface area contributed by atoms with Gasteiger partial charge in [0.05, 0.1) is 11.2 Å². The van der Waals surface area contributed by atoms with Gasteiger partial charge in [0.1, 0.15) is 0 Å². The SMILES string of the molecule is COP(=O)(OC12CC3CC(CC(C3)C1)C2)OC12CC3CC(CC(C3)C1)C2. The summed E-state index contributed by atoms with van der Waals surface area (Å²) in [4.78, 5) is 0. The molecule has 0 heterocycles. The lowest BCUT2D eigenvalue weighted by molar-refractivity contribution is -0.152. The quantitative estimate of drug-likeness (QED) is 0.573. The van der Waals surface area contributed by atoms with E-state index in [1.165, 1.54) is 45.6 Å². The Morgan fingerprint density at radius 1 is 0.615 bits per heavy atom. The number of phosphoric ester groups is 1. The number of rotatable bonds is 5. The third kappa shape index (κ3) is 2.70. The topological polar surface area (TPSA) is 44.8 Å². The second kappa shape index (κ2) is 5.59. The van der Waals surface area contributed by atoms with Crippen LogP contribution in [0.5, 0.6) is 0 Å². The smallest absolute Gasteiger partial charge is 0.290 e. The fourth-order valence-corrected chi connectivity index (χ4v) is 10.4. The fraction of sp³-hybridized carbons (Fsp3) is 1.00. The second-order valence-electron chi connectivity index (χ2n) is 11.0. The minimum atomic E-state index is -3.50. The normalized spacial score (nSPS) is 56.0. The average molecular weight is 380 g/mol. The first-order chi connectivity index (χ1) is 12.4. The molecule has 146 valence electrons. The zero-order valence-corrected chi connectivity index (χ0v) is 16.9. The van der Waals surface area contributed by atoms with E-state index in [9.17, 15) is 4.57 Å². The van der Waals surface area contributed by atoms with Crippen molar-refractivity contribution in [1.82, 2.24) is 0 Å². The molecular formula is C21H33O4P. The van der Waals surface area contributed by atoms with Crippen molar-refractivity contribution in [3.63, 3.8) is 0 Å². The molecule has 0 saturated heterocycles. The summed E-state index contributed by atoms with van der Waals surface area (Å²) in [6, 6.07) is 0. The van der Waals surface area contributed by atoms with Crippen LogP contribution in [-0.2, 0) is 18.1 Å². The van der Waals surface area contributed by atoms with Crippen LogP contribution in [0.2, 0.25) is 0 Å². The molecule has 8 fully saturated rings. The Kier molecular flexibility index (Phi) is 3.66. The van der Waals surface area contributed by atoms with Crippen molar-refractivity contribution in [3.05, 3.63) is 0 Å². The molecule has 0 spiro atoms. The van der Waals surface area contributed by atoms with E-state index in [0.717, 1.165) is 74.0 Å². The number of hydrogen-bond acceptors (Lipinski definition) is 4. The predicted molar refractivity (Wildman–Crippen MR) is 98.6 cm³/mol. The van der Waals surface area contributed by atoms with E-state index >= 15 is 0 Å². The van der Waals surface area contributed by atoms with Crippen molar-refractivity contribution in [2.45, 2.75) is 88.3 Å². The molecule has 0 radical (unpaired) electrons. The van der Waals surface area contributed by atoms with E-state index < -0.39 is 7.82 Å². The maximum absolute atomic E-state index is 13.7. The lowest BCUT2D eigenvalue weighted by atomic mass is 9.54. The number of hydrogen-bond donors (Lipinski definition) is 0. The molecule has 0 unspecified atom stereocenters. The van der Waals surface area contributed by atoms with Crippen LogP contribution in [0, 0.1) is 35.5 Å². The van der Waals surface area contributed by atoms with Gasteiger partial charge in [-0.3, -0.25) is 13.6 Å². The van der Waals surface area contributed by atoms with Gasteiger partial charge in [-0.25, -0.2) is 4.57 Å². The Morgan fingerprint density at radius 3 is 1.12 bits per heavy atom. The second-order valence-corrected chi connectivity index (χ2v) is 12.6. The van der Waals surface area contributed by atoms with Crippen LogP contribution in [0.1, 0.15) is 77.0 Å². The van der Waals surface area contributed by atoms with Crippen molar-refractivity contribution < 1.29 is 18.1 Å². The molecule has 8 bridgehead atoms. The first-order valence-electron chi connectivity index (χ1n) is 11.0. The Balaban J connectivity index is 1.24. The summed E-state index contributed by atoms with van der Waals surface area (Å²) in [6.45, 7) is 0. The van der Waals surface area contributed by atoms with Gasteiger partial charge in [-0.2, -0.15) is 0 Å². The highest BCUT2D eigenvalue weighted by atomic mass is 31.2. The van der Waals surface area contributed by atoms with Gasteiger partial charge in [-0.1, -0.05) is 0 Å². The molecule has 0 aromatic carbocycles. The molecule has 8 aliphatic rings. The molecular weight excluding hydrogens is 347 g/mol. The van der Waals surface area contributed by atoms with E-state index in [0.29, 0.717) is 0 Å². The minimum Gasteiger partial charge on any atom is -0.290 e. The van der Waals surface area contributed by atoms with E-state index in [2.05, 4.69) is 0 Å². The minimum absolute atomic E-state index is 0.234. The summed E-state index contributed by atoms with van der Waals surface area (Å²) < 4.78 is 32.1. The van der Waals surface area contributed by atoms with Crippen molar-refractivity contribution in [1.29, 1.82) is 0 Å².